The molecule has 1 aliphatic heterocycles. The lowest BCUT2D eigenvalue weighted by atomic mass is 9.97. The minimum atomic E-state index is -3.47. The Morgan fingerprint density at radius 3 is 2.38 bits per heavy atom. The average Bonchev–Trinajstić information content (AvgIpc) is 2.61. The van der Waals surface area contributed by atoms with Crippen molar-refractivity contribution in [3.05, 3.63) is 24.3 Å². The van der Waals surface area contributed by atoms with Gasteiger partial charge in [0.2, 0.25) is 15.9 Å². The third-order valence-corrected chi connectivity index (χ3v) is 7.18. The topological polar surface area (TPSA) is 66.5 Å². The Bertz CT molecular complexity index is 651. The average molecular weight is 371 g/mol. The molecular formula is C17H26N2O3S2. The highest BCUT2D eigenvalue weighted by Crippen LogP contribution is 2.25. The maximum Gasteiger partial charge on any atom is 0.243 e. The van der Waals surface area contributed by atoms with Gasteiger partial charge in [0.15, 0.2) is 0 Å². The standard InChI is InChI=1S/C17H26N2O3S2/c1-4-13(2)18-17(20)14-9-11-19(12-10-14)24(21,22)16-7-5-15(23-3)6-8-16/h5-8,13-14H,4,9-12H2,1-3H3,(H,18,20). The van der Waals surface area contributed by atoms with Crippen LogP contribution in [0.2, 0.25) is 0 Å². The van der Waals surface area contributed by atoms with E-state index in [1.165, 1.54) is 4.31 Å². The number of sulfonamides is 1. The lowest BCUT2D eigenvalue weighted by molar-refractivity contribution is -0.126. The van der Waals surface area contributed by atoms with Crippen LogP contribution in [0.15, 0.2) is 34.1 Å². The number of amides is 1. The second-order valence-corrected chi connectivity index (χ2v) is 8.99. The molecule has 1 heterocycles. The fourth-order valence-corrected chi connectivity index (χ4v) is 4.60. The summed E-state index contributed by atoms with van der Waals surface area (Å²) < 4.78 is 26.9. The molecule has 7 heteroatoms. The molecule has 0 saturated carbocycles. The molecule has 1 saturated heterocycles. The Morgan fingerprint density at radius 1 is 1.29 bits per heavy atom. The van der Waals surface area contributed by atoms with Crippen LogP contribution in [0.25, 0.3) is 0 Å². The largest absolute Gasteiger partial charge is 0.353 e. The maximum absolute atomic E-state index is 12.7. The number of thioether (sulfide) groups is 1. The number of carbonyl (C=O) groups excluding carboxylic acids is 1. The molecule has 0 bridgehead atoms. The van der Waals surface area contributed by atoms with E-state index in [1.807, 2.05) is 32.2 Å². The van der Waals surface area contributed by atoms with Gasteiger partial charge in [-0.2, -0.15) is 4.31 Å². The van der Waals surface area contributed by atoms with Gasteiger partial charge < -0.3 is 5.32 Å². The van der Waals surface area contributed by atoms with Gasteiger partial charge in [-0.1, -0.05) is 6.92 Å². The molecule has 1 fully saturated rings. The molecule has 1 atom stereocenters. The lowest BCUT2D eigenvalue weighted by Crippen LogP contribution is -2.44. The molecule has 1 N–H and O–H groups in total. The molecule has 5 nitrogen and oxygen atoms in total. The lowest BCUT2D eigenvalue weighted by Gasteiger charge is -2.31. The van der Waals surface area contributed by atoms with Crippen molar-refractivity contribution in [3.8, 4) is 0 Å². The Balaban J connectivity index is 1.98. The first-order chi connectivity index (χ1) is 11.4. The third kappa shape index (κ3) is 4.52. The quantitative estimate of drug-likeness (QED) is 0.782. The van der Waals surface area contributed by atoms with Crippen LogP contribution in [0.3, 0.4) is 0 Å². The molecule has 134 valence electrons. The zero-order valence-electron chi connectivity index (χ0n) is 14.5. The number of nitrogens with zero attached hydrogens (tertiary/aromatic N) is 1. The number of rotatable bonds is 6. The van der Waals surface area contributed by atoms with E-state index in [9.17, 15) is 13.2 Å². The van der Waals surface area contributed by atoms with Crippen molar-refractivity contribution in [2.45, 2.75) is 48.9 Å². The molecule has 2 rings (SSSR count). The van der Waals surface area contributed by atoms with Crippen LogP contribution >= 0.6 is 11.8 Å². The van der Waals surface area contributed by atoms with E-state index < -0.39 is 10.0 Å². The Morgan fingerprint density at radius 2 is 1.88 bits per heavy atom. The SMILES string of the molecule is CCC(C)NC(=O)C1CCN(S(=O)(=O)c2ccc(SC)cc2)CC1. The molecule has 24 heavy (non-hydrogen) atoms. The van der Waals surface area contributed by atoms with E-state index in [1.54, 1.807) is 23.9 Å². The molecule has 1 aliphatic rings. The highest BCUT2D eigenvalue weighted by atomic mass is 32.2. The van der Waals surface area contributed by atoms with Gasteiger partial charge in [0.05, 0.1) is 4.90 Å². The van der Waals surface area contributed by atoms with Crippen molar-refractivity contribution < 1.29 is 13.2 Å². The first-order valence-electron chi connectivity index (χ1n) is 8.33. The molecule has 1 amide bonds. The number of carbonyl (C=O) groups is 1. The molecule has 1 aromatic rings. The molecule has 1 unspecified atom stereocenters. The zero-order valence-corrected chi connectivity index (χ0v) is 16.1. The van der Waals surface area contributed by atoms with Gasteiger partial charge in [0, 0.05) is 29.9 Å². The van der Waals surface area contributed by atoms with Gasteiger partial charge in [-0.15, -0.1) is 11.8 Å². The third-order valence-electron chi connectivity index (χ3n) is 4.52. The van der Waals surface area contributed by atoms with E-state index in [4.69, 9.17) is 0 Å². The summed E-state index contributed by atoms with van der Waals surface area (Å²) in [5.74, 6) is -0.0463. The van der Waals surface area contributed by atoms with Gasteiger partial charge >= 0.3 is 0 Å². The van der Waals surface area contributed by atoms with Crippen LogP contribution < -0.4 is 5.32 Å². The Kier molecular flexibility index (Phi) is 6.71. The monoisotopic (exact) mass is 370 g/mol. The van der Waals surface area contributed by atoms with Gasteiger partial charge in [-0.3, -0.25) is 4.79 Å². The highest BCUT2D eigenvalue weighted by Gasteiger charge is 2.32. The molecule has 0 aromatic heterocycles. The van der Waals surface area contributed by atoms with Crippen LogP contribution in [0, 0.1) is 5.92 Å². The van der Waals surface area contributed by atoms with Gasteiger partial charge in [-0.25, -0.2) is 8.42 Å². The van der Waals surface area contributed by atoms with E-state index in [0.717, 1.165) is 11.3 Å². The zero-order chi connectivity index (χ0) is 17.7. The normalized spacial score (nSPS) is 18.3. The van der Waals surface area contributed by atoms with Crippen LogP contribution in [0.1, 0.15) is 33.1 Å². The predicted molar refractivity (Wildman–Crippen MR) is 97.6 cm³/mol. The summed E-state index contributed by atoms with van der Waals surface area (Å²) in [6, 6.07) is 7.12. The molecule has 0 radical (unpaired) electrons. The van der Waals surface area contributed by atoms with Crippen molar-refractivity contribution in [3.63, 3.8) is 0 Å². The molecule has 0 aliphatic carbocycles. The number of piperidine rings is 1. The van der Waals surface area contributed by atoms with E-state index in [2.05, 4.69) is 5.32 Å². The van der Waals surface area contributed by atoms with Crippen molar-refractivity contribution in [2.75, 3.05) is 19.3 Å². The van der Waals surface area contributed by atoms with Crippen LogP contribution in [0.4, 0.5) is 0 Å². The fourth-order valence-electron chi connectivity index (χ4n) is 2.72. The Hall–Kier alpha value is -1.05. The second-order valence-electron chi connectivity index (χ2n) is 6.17. The Labute approximate surface area is 149 Å². The first kappa shape index (κ1) is 19.3. The van der Waals surface area contributed by atoms with Crippen molar-refractivity contribution >= 4 is 27.7 Å². The van der Waals surface area contributed by atoms with Crippen molar-refractivity contribution in [1.29, 1.82) is 0 Å². The minimum Gasteiger partial charge on any atom is -0.353 e. The summed E-state index contributed by atoms with van der Waals surface area (Å²) in [7, 11) is -3.47. The van der Waals surface area contributed by atoms with Crippen molar-refractivity contribution in [1.82, 2.24) is 9.62 Å². The van der Waals surface area contributed by atoms with Gasteiger partial charge in [0.25, 0.3) is 0 Å². The second kappa shape index (κ2) is 8.36. The summed E-state index contributed by atoms with van der Waals surface area (Å²) in [5.41, 5.74) is 0. The first-order valence-corrected chi connectivity index (χ1v) is 11.0. The summed E-state index contributed by atoms with van der Waals surface area (Å²) in [6.07, 6.45) is 4.00. The minimum absolute atomic E-state index is 0.0470. The summed E-state index contributed by atoms with van der Waals surface area (Å²) >= 11 is 1.58. The van der Waals surface area contributed by atoms with Crippen molar-refractivity contribution in [2.24, 2.45) is 5.92 Å². The van der Waals surface area contributed by atoms with E-state index in [0.29, 0.717) is 30.8 Å². The molecular weight excluding hydrogens is 344 g/mol. The van der Waals surface area contributed by atoms with Gasteiger partial charge in [-0.05, 0) is 56.7 Å². The number of hydrogen-bond donors (Lipinski definition) is 1. The molecule has 0 spiro atoms. The smallest absolute Gasteiger partial charge is 0.243 e. The summed E-state index contributed by atoms with van der Waals surface area (Å²) in [6.45, 7) is 4.80. The molecule has 1 aromatic carbocycles. The van der Waals surface area contributed by atoms with Crippen LogP contribution in [-0.4, -0.2) is 44.0 Å². The van der Waals surface area contributed by atoms with Crippen LogP contribution in [0.5, 0.6) is 0 Å². The van der Waals surface area contributed by atoms with Crippen LogP contribution in [-0.2, 0) is 14.8 Å². The highest BCUT2D eigenvalue weighted by molar-refractivity contribution is 7.98. The fraction of sp³-hybridized carbons (Fsp3) is 0.588. The summed E-state index contributed by atoms with van der Waals surface area (Å²) in [5, 5.41) is 2.99. The maximum atomic E-state index is 12.7. The van der Waals surface area contributed by atoms with E-state index in [-0.39, 0.29) is 17.9 Å². The predicted octanol–water partition coefficient (Wildman–Crippen LogP) is 2.72. The van der Waals surface area contributed by atoms with E-state index >= 15 is 0 Å². The summed E-state index contributed by atoms with van der Waals surface area (Å²) in [4.78, 5) is 13.5. The van der Waals surface area contributed by atoms with Gasteiger partial charge in [0.1, 0.15) is 0 Å². The number of nitrogens with one attached hydrogen (secondary N) is 1. The number of hydrogen-bond acceptors (Lipinski definition) is 4. The number of benzene rings is 1.